The van der Waals surface area contributed by atoms with Gasteiger partial charge in [-0.2, -0.15) is 0 Å². The molecule has 0 saturated carbocycles. The molecular weight excluding hydrogens is 398 g/mol. The molecule has 1 atom stereocenters. The Morgan fingerprint density at radius 3 is 2.66 bits per heavy atom. The smallest absolute Gasteiger partial charge is 0.325 e. The SMILES string of the molecule is C[C@@]1(c2ccc3c(c2)OCCO3)NC(=O)N(CC(=O)Nc2ccccc2Cl)C1=O. The van der Waals surface area contributed by atoms with Crippen LogP contribution < -0.4 is 20.1 Å². The van der Waals surface area contributed by atoms with Gasteiger partial charge in [0.1, 0.15) is 25.3 Å². The maximum Gasteiger partial charge on any atom is 0.325 e. The van der Waals surface area contributed by atoms with E-state index < -0.39 is 29.9 Å². The molecule has 1 saturated heterocycles. The predicted molar refractivity (Wildman–Crippen MR) is 105 cm³/mol. The van der Waals surface area contributed by atoms with Gasteiger partial charge < -0.3 is 20.1 Å². The van der Waals surface area contributed by atoms with Crippen molar-refractivity contribution in [3.63, 3.8) is 0 Å². The van der Waals surface area contributed by atoms with Crippen molar-refractivity contribution in [2.24, 2.45) is 0 Å². The van der Waals surface area contributed by atoms with Crippen LogP contribution in [0.4, 0.5) is 10.5 Å². The first-order valence-electron chi connectivity index (χ1n) is 8.97. The molecule has 0 unspecified atom stereocenters. The van der Waals surface area contributed by atoms with Gasteiger partial charge in [0.05, 0.1) is 10.7 Å². The number of anilines is 1. The lowest BCUT2D eigenvalue weighted by Crippen LogP contribution is -2.42. The molecule has 0 aromatic heterocycles. The molecule has 2 aliphatic heterocycles. The highest BCUT2D eigenvalue weighted by atomic mass is 35.5. The van der Waals surface area contributed by atoms with Crippen molar-refractivity contribution < 1.29 is 23.9 Å². The number of nitrogens with one attached hydrogen (secondary N) is 2. The fourth-order valence-electron chi connectivity index (χ4n) is 3.29. The summed E-state index contributed by atoms with van der Waals surface area (Å²) in [6, 6.07) is 11.1. The van der Waals surface area contributed by atoms with E-state index in [-0.39, 0.29) is 0 Å². The van der Waals surface area contributed by atoms with Crippen molar-refractivity contribution in [1.29, 1.82) is 0 Å². The lowest BCUT2D eigenvalue weighted by atomic mass is 9.91. The van der Waals surface area contributed by atoms with E-state index in [2.05, 4.69) is 10.6 Å². The molecule has 2 heterocycles. The lowest BCUT2D eigenvalue weighted by Gasteiger charge is -2.25. The number of carbonyl (C=O) groups excluding carboxylic acids is 3. The minimum Gasteiger partial charge on any atom is -0.486 e. The number of ether oxygens (including phenoxy) is 2. The molecule has 2 aromatic rings. The first kappa shape index (κ1) is 19.1. The van der Waals surface area contributed by atoms with Gasteiger partial charge in [-0.1, -0.05) is 29.8 Å². The van der Waals surface area contributed by atoms with Crippen molar-refractivity contribution in [1.82, 2.24) is 10.2 Å². The summed E-state index contributed by atoms with van der Waals surface area (Å²) in [5.74, 6) is 0.0183. The molecule has 2 aliphatic rings. The Kier molecular flexibility index (Phi) is 4.79. The number of para-hydroxylation sites is 1. The van der Waals surface area contributed by atoms with Gasteiger partial charge in [-0.15, -0.1) is 0 Å². The van der Waals surface area contributed by atoms with Crippen LogP contribution >= 0.6 is 11.6 Å². The first-order valence-corrected chi connectivity index (χ1v) is 9.35. The third-order valence-electron chi connectivity index (χ3n) is 4.84. The second-order valence-electron chi connectivity index (χ2n) is 6.83. The van der Waals surface area contributed by atoms with Crippen LogP contribution in [0.2, 0.25) is 5.02 Å². The molecule has 29 heavy (non-hydrogen) atoms. The molecule has 0 spiro atoms. The molecule has 4 rings (SSSR count). The fourth-order valence-corrected chi connectivity index (χ4v) is 3.47. The van der Waals surface area contributed by atoms with E-state index in [1.165, 1.54) is 0 Å². The van der Waals surface area contributed by atoms with Crippen LogP contribution in [0.15, 0.2) is 42.5 Å². The zero-order valence-corrected chi connectivity index (χ0v) is 16.3. The molecule has 0 radical (unpaired) electrons. The number of benzene rings is 2. The van der Waals surface area contributed by atoms with Crippen molar-refractivity contribution in [2.75, 3.05) is 25.1 Å². The van der Waals surface area contributed by atoms with Crippen LogP contribution in [0, 0.1) is 0 Å². The van der Waals surface area contributed by atoms with Gasteiger partial charge >= 0.3 is 6.03 Å². The predicted octanol–water partition coefficient (Wildman–Crippen LogP) is 2.52. The maximum atomic E-state index is 13.0. The quantitative estimate of drug-likeness (QED) is 0.748. The Morgan fingerprint density at radius 2 is 1.90 bits per heavy atom. The van der Waals surface area contributed by atoms with Crippen molar-refractivity contribution in [2.45, 2.75) is 12.5 Å². The number of imide groups is 1. The van der Waals surface area contributed by atoms with Gasteiger partial charge in [0.25, 0.3) is 5.91 Å². The Labute approximate surface area is 171 Å². The molecule has 4 amide bonds. The number of fused-ring (bicyclic) bond motifs is 1. The van der Waals surface area contributed by atoms with Crippen molar-refractivity contribution in [3.8, 4) is 11.5 Å². The number of urea groups is 1. The number of rotatable bonds is 4. The van der Waals surface area contributed by atoms with E-state index in [4.69, 9.17) is 21.1 Å². The van der Waals surface area contributed by atoms with Crippen LogP contribution in [-0.4, -0.2) is 42.5 Å². The summed E-state index contributed by atoms with van der Waals surface area (Å²) >= 11 is 6.03. The third kappa shape index (κ3) is 3.47. The van der Waals surface area contributed by atoms with E-state index in [1.54, 1.807) is 49.4 Å². The molecule has 0 aliphatic carbocycles. The summed E-state index contributed by atoms with van der Waals surface area (Å²) in [7, 11) is 0. The van der Waals surface area contributed by atoms with Crippen LogP contribution in [-0.2, 0) is 15.1 Å². The highest BCUT2D eigenvalue weighted by Crippen LogP contribution is 2.36. The molecule has 8 nitrogen and oxygen atoms in total. The largest absolute Gasteiger partial charge is 0.486 e. The Morgan fingerprint density at radius 1 is 1.17 bits per heavy atom. The Bertz CT molecular complexity index is 1010. The second-order valence-corrected chi connectivity index (χ2v) is 7.24. The normalized spacial score (nSPS) is 20.4. The maximum absolute atomic E-state index is 13.0. The molecule has 150 valence electrons. The van der Waals surface area contributed by atoms with Gasteiger partial charge in [0.15, 0.2) is 11.5 Å². The van der Waals surface area contributed by atoms with Gasteiger partial charge in [-0.05, 0) is 36.8 Å². The van der Waals surface area contributed by atoms with Crippen molar-refractivity contribution in [3.05, 3.63) is 53.1 Å². The van der Waals surface area contributed by atoms with Crippen molar-refractivity contribution >= 4 is 35.1 Å². The highest BCUT2D eigenvalue weighted by molar-refractivity contribution is 6.33. The molecule has 9 heteroatoms. The topological polar surface area (TPSA) is 97.0 Å². The molecule has 0 bridgehead atoms. The second kappa shape index (κ2) is 7.29. The number of carbonyl (C=O) groups is 3. The number of halogens is 1. The number of nitrogens with zero attached hydrogens (tertiary/aromatic N) is 1. The van der Waals surface area contributed by atoms with Crippen LogP contribution in [0.3, 0.4) is 0 Å². The first-order chi connectivity index (χ1) is 13.9. The van der Waals surface area contributed by atoms with Crippen LogP contribution in [0.25, 0.3) is 0 Å². The molecular formula is C20H18ClN3O5. The summed E-state index contributed by atoms with van der Waals surface area (Å²) in [5.41, 5.74) is -0.382. The molecule has 1 fully saturated rings. The van der Waals surface area contributed by atoms with E-state index in [0.29, 0.717) is 41.0 Å². The van der Waals surface area contributed by atoms with Gasteiger partial charge in [-0.3, -0.25) is 14.5 Å². The number of hydrogen-bond donors (Lipinski definition) is 2. The molecule has 2 aromatic carbocycles. The van der Waals surface area contributed by atoms with Gasteiger partial charge in [0, 0.05) is 0 Å². The van der Waals surface area contributed by atoms with E-state index in [1.807, 2.05) is 0 Å². The average molecular weight is 416 g/mol. The Hall–Kier alpha value is -3.26. The summed E-state index contributed by atoms with van der Waals surface area (Å²) < 4.78 is 11.1. The summed E-state index contributed by atoms with van der Waals surface area (Å²) in [6.45, 7) is 2.01. The minimum absolute atomic E-state index is 0.360. The van der Waals surface area contributed by atoms with E-state index in [0.717, 1.165) is 4.90 Å². The van der Waals surface area contributed by atoms with E-state index >= 15 is 0 Å². The zero-order chi connectivity index (χ0) is 20.6. The van der Waals surface area contributed by atoms with Crippen LogP contribution in [0.5, 0.6) is 11.5 Å². The number of amides is 4. The summed E-state index contributed by atoms with van der Waals surface area (Å²) in [6.07, 6.45) is 0. The molecule has 2 N–H and O–H groups in total. The average Bonchev–Trinajstić information content (AvgIpc) is 2.93. The number of hydrogen-bond acceptors (Lipinski definition) is 5. The Balaban J connectivity index is 1.52. The highest BCUT2D eigenvalue weighted by Gasteiger charge is 2.49. The van der Waals surface area contributed by atoms with E-state index in [9.17, 15) is 14.4 Å². The zero-order valence-electron chi connectivity index (χ0n) is 15.5. The third-order valence-corrected chi connectivity index (χ3v) is 5.17. The standard InChI is InChI=1S/C20H18ClN3O5/c1-20(12-6-7-15-16(10-12)29-9-8-28-15)18(26)24(19(27)23-20)11-17(25)22-14-5-3-2-4-13(14)21/h2-7,10H,8-9,11H2,1H3,(H,22,25)(H,23,27)/t20-/m0/s1. The summed E-state index contributed by atoms with van der Waals surface area (Å²) in [4.78, 5) is 38.7. The van der Waals surface area contributed by atoms with Gasteiger partial charge in [0.2, 0.25) is 5.91 Å². The summed E-state index contributed by atoms with van der Waals surface area (Å²) in [5, 5.41) is 5.63. The lowest BCUT2D eigenvalue weighted by molar-refractivity contribution is -0.133. The monoisotopic (exact) mass is 415 g/mol. The fraction of sp³-hybridized carbons (Fsp3) is 0.250. The van der Waals surface area contributed by atoms with Crippen LogP contribution in [0.1, 0.15) is 12.5 Å². The van der Waals surface area contributed by atoms with Gasteiger partial charge in [-0.25, -0.2) is 4.79 Å². The minimum atomic E-state index is -1.32.